The molecule has 2 N–H and O–H groups in total. The third-order valence-corrected chi connectivity index (χ3v) is 3.69. The zero-order valence-corrected chi connectivity index (χ0v) is 13.7. The Morgan fingerprint density at radius 1 is 1.05 bits per heavy atom. The summed E-state index contributed by atoms with van der Waals surface area (Å²) in [7, 11) is 5.85. The number of nitrogens with two attached hydrogens (primary N) is 1. The minimum atomic E-state index is 0.0766. The second kappa shape index (κ2) is 7.17. The smallest absolute Gasteiger partial charge is 0.229 e. The van der Waals surface area contributed by atoms with Crippen LogP contribution in [-0.4, -0.2) is 47.5 Å². The number of aromatic nitrogens is 3. The van der Waals surface area contributed by atoms with Crippen molar-refractivity contribution in [1.82, 2.24) is 19.9 Å². The summed E-state index contributed by atoms with van der Waals surface area (Å²) in [5.74, 6) is 1.55. The second-order valence-electron chi connectivity index (χ2n) is 5.64. The lowest BCUT2D eigenvalue weighted by Gasteiger charge is -2.24. The lowest BCUT2D eigenvalue weighted by Crippen LogP contribution is -2.27. The molecule has 0 aliphatic carbocycles. The third-order valence-electron chi connectivity index (χ3n) is 3.69. The van der Waals surface area contributed by atoms with E-state index in [9.17, 15) is 0 Å². The predicted molar refractivity (Wildman–Crippen MR) is 89.8 cm³/mol. The molecule has 0 bridgehead atoms. The molecule has 0 aliphatic heterocycles. The molecule has 0 spiro atoms. The Morgan fingerprint density at radius 3 is 2.36 bits per heavy atom. The van der Waals surface area contributed by atoms with Crippen LogP contribution in [0, 0.1) is 0 Å². The highest BCUT2D eigenvalue weighted by Gasteiger charge is 2.17. The quantitative estimate of drug-likeness (QED) is 0.876. The molecule has 118 valence electrons. The number of rotatable bonds is 6. The van der Waals surface area contributed by atoms with Gasteiger partial charge in [-0.15, -0.1) is 0 Å². The van der Waals surface area contributed by atoms with E-state index in [-0.39, 0.29) is 12.0 Å². The molecule has 0 amide bonds. The van der Waals surface area contributed by atoms with E-state index in [1.165, 1.54) is 5.56 Å². The van der Waals surface area contributed by atoms with Gasteiger partial charge in [-0.25, -0.2) is 0 Å². The van der Waals surface area contributed by atoms with Crippen molar-refractivity contribution < 1.29 is 0 Å². The number of hydrogen-bond acceptors (Lipinski definition) is 6. The highest BCUT2D eigenvalue weighted by Crippen LogP contribution is 2.18. The van der Waals surface area contributed by atoms with Gasteiger partial charge in [-0.1, -0.05) is 30.3 Å². The maximum absolute atomic E-state index is 5.79. The van der Waals surface area contributed by atoms with E-state index in [1.807, 2.05) is 25.1 Å². The molecule has 22 heavy (non-hydrogen) atoms. The molecule has 6 nitrogen and oxygen atoms in total. The SMILES string of the molecule is C[C@@H](c1nc(N)nc(N(C)C)n1)N(C)CCc1ccccc1. The fourth-order valence-corrected chi connectivity index (χ4v) is 2.13. The Kier molecular flexibility index (Phi) is 5.27. The number of benzene rings is 1. The second-order valence-corrected chi connectivity index (χ2v) is 5.64. The van der Waals surface area contributed by atoms with Crippen LogP contribution in [-0.2, 0) is 6.42 Å². The standard InChI is InChI=1S/C16H24N6/c1-12(14-18-15(17)20-16(19-14)21(2)3)22(4)11-10-13-8-6-5-7-9-13/h5-9,12H,10-11H2,1-4H3,(H2,17,18,19,20)/t12-/m0/s1. The Balaban J connectivity index is 2.05. The van der Waals surface area contributed by atoms with Crippen LogP contribution in [0.15, 0.2) is 30.3 Å². The monoisotopic (exact) mass is 300 g/mol. The molecular weight excluding hydrogens is 276 g/mol. The molecule has 1 aromatic heterocycles. The minimum Gasteiger partial charge on any atom is -0.368 e. The first kappa shape index (κ1) is 16.2. The van der Waals surface area contributed by atoms with Gasteiger partial charge >= 0.3 is 0 Å². The van der Waals surface area contributed by atoms with Gasteiger partial charge in [-0.2, -0.15) is 15.0 Å². The normalized spacial score (nSPS) is 12.4. The molecule has 2 rings (SSSR count). The summed E-state index contributed by atoms with van der Waals surface area (Å²) in [6, 6.07) is 10.5. The highest BCUT2D eigenvalue weighted by atomic mass is 15.3. The van der Waals surface area contributed by atoms with Gasteiger partial charge < -0.3 is 10.6 Å². The van der Waals surface area contributed by atoms with Crippen molar-refractivity contribution in [1.29, 1.82) is 0 Å². The molecule has 1 heterocycles. The van der Waals surface area contributed by atoms with Crippen LogP contribution in [0.1, 0.15) is 24.4 Å². The van der Waals surface area contributed by atoms with Crippen LogP contribution < -0.4 is 10.6 Å². The summed E-state index contributed by atoms with van der Waals surface area (Å²) in [5, 5.41) is 0. The number of anilines is 2. The molecule has 0 saturated heterocycles. The zero-order chi connectivity index (χ0) is 16.1. The molecule has 0 radical (unpaired) electrons. The Labute approximate surface area is 132 Å². The van der Waals surface area contributed by atoms with Crippen LogP contribution in [0.4, 0.5) is 11.9 Å². The molecule has 0 aliphatic rings. The Hall–Kier alpha value is -2.21. The van der Waals surface area contributed by atoms with Crippen molar-refractivity contribution in [3.63, 3.8) is 0 Å². The van der Waals surface area contributed by atoms with Crippen LogP contribution >= 0.6 is 0 Å². The van der Waals surface area contributed by atoms with Crippen molar-refractivity contribution in [3.8, 4) is 0 Å². The fourth-order valence-electron chi connectivity index (χ4n) is 2.13. The summed E-state index contributed by atoms with van der Waals surface area (Å²) in [5.41, 5.74) is 7.12. The summed E-state index contributed by atoms with van der Waals surface area (Å²) in [4.78, 5) is 17.0. The first-order chi connectivity index (χ1) is 10.5. The van der Waals surface area contributed by atoms with Crippen LogP contribution in [0.2, 0.25) is 0 Å². The molecule has 6 heteroatoms. The van der Waals surface area contributed by atoms with Gasteiger partial charge in [0.05, 0.1) is 6.04 Å². The Bertz CT molecular complexity index is 599. The fraction of sp³-hybridized carbons (Fsp3) is 0.438. The van der Waals surface area contributed by atoms with E-state index in [2.05, 4.69) is 58.1 Å². The van der Waals surface area contributed by atoms with Gasteiger partial charge in [0, 0.05) is 20.6 Å². The molecule has 0 unspecified atom stereocenters. The summed E-state index contributed by atoms with van der Waals surface area (Å²) in [6.07, 6.45) is 0.989. The van der Waals surface area contributed by atoms with Gasteiger partial charge in [0.15, 0.2) is 5.82 Å². The van der Waals surface area contributed by atoms with Crippen molar-refractivity contribution in [2.45, 2.75) is 19.4 Å². The van der Waals surface area contributed by atoms with E-state index >= 15 is 0 Å². The summed E-state index contributed by atoms with van der Waals surface area (Å²) < 4.78 is 0. The van der Waals surface area contributed by atoms with Gasteiger partial charge in [-0.3, -0.25) is 4.90 Å². The van der Waals surface area contributed by atoms with E-state index in [0.717, 1.165) is 13.0 Å². The topological polar surface area (TPSA) is 71.2 Å². The number of hydrogen-bond donors (Lipinski definition) is 1. The van der Waals surface area contributed by atoms with Gasteiger partial charge in [-0.05, 0) is 26.0 Å². The first-order valence-electron chi connectivity index (χ1n) is 7.40. The van der Waals surface area contributed by atoms with Crippen LogP contribution in [0.25, 0.3) is 0 Å². The maximum atomic E-state index is 5.79. The highest BCUT2D eigenvalue weighted by molar-refractivity contribution is 5.33. The minimum absolute atomic E-state index is 0.0766. The van der Waals surface area contributed by atoms with E-state index in [1.54, 1.807) is 0 Å². The van der Waals surface area contributed by atoms with Gasteiger partial charge in [0.2, 0.25) is 11.9 Å². The first-order valence-corrected chi connectivity index (χ1v) is 7.40. The average molecular weight is 300 g/mol. The summed E-state index contributed by atoms with van der Waals surface area (Å²) >= 11 is 0. The lowest BCUT2D eigenvalue weighted by atomic mass is 10.1. The maximum Gasteiger partial charge on any atom is 0.229 e. The molecular formula is C16H24N6. The van der Waals surface area contributed by atoms with Gasteiger partial charge in [0.1, 0.15) is 0 Å². The molecule has 1 atom stereocenters. The number of nitrogens with zero attached hydrogens (tertiary/aromatic N) is 5. The van der Waals surface area contributed by atoms with Gasteiger partial charge in [0.25, 0.3) is 0 Å². The average Bonchev–Trinajstić information content (AvgIpc) is 2.52. The van der Waals surface area contributed by atoms with Crippen molar-refractivity contribution in [2.75, 3.05) is 38.3 Å². The molecule has 0 saturated carbocycles. The van der Waals surface area contributed by atoms with Crippen molar-refractivity contribution in [2.24, 2.45) is 0 Å². The third kappa shape index (κ3) is 4.14. The van der Waals surface area contributed by atoms with E-state index < -0.39 is 0 Å². The zero-order valence-electron chi connectivity index (χ0n) is 13.7. The molecule has 0 fully saturated rings. The molecule has 1 aromatic carbocycles. The largest absolute Gasteiger partial charge is 0.368 e. The summed E-state index contributed by atoms with van der Waals surface area (Å²) in [6.45, 7) is 3.01. The number of nitrogen functional groups attached to an aromatic ring is 1. The lowest BCUT2D eigenvalue weighted by molar-refractivity contribution is 0.255. The predicted octanol–water partition coefficient (Wildman–Crippen LogP) is 1.76. The van der Waals surface area contributed by atoms with E-state index in [0.29, 0.717) is 11.8 Å². The van der Waals surface area contributed by atoms with Crippen LogP contribution in [0.5, 0.6) is 0 Å². The Morgan fingerprint density at radius 2 is 1.73 bits per heavy atom. The van der Waals surface area contributed by atoms with Crippen LogP contribution in [0.3, 0.4) is 0 Å². The molecule has 2 aromatic rings. The van der Waals surface area contributed by atoms with Crippen molar-refractivity contribution in [3.05, 3.63) is 41.7 Å². The number of likely N-dealkylation sites (N-methyl/N-ethyl adjacent to an activating group) is 1. The van der Waals surface area contributed by atoms with Crippen molar-refractivity contribution >= 4 is 11.9 Å². The van der Waals surface area contributed by atoms with E-state index in [4.69, 9.17) is 5.73 Å².